The Balaban J connectivity index is 1.59. The fraction of sp³-hybridized carbons (Fsp3) is 0.941. The summed E-state index contributed by atoms with van der Waals surface area (Å²) >= 11 is 0. The minimum Gasteiger partial charge on any atom is -0.356 e. The van der Waals surface area contributed by atoms with Gasteiger partial charge in [0.2, 0.25) is 5.91 Å². The van der Waals surface area contributed by atoms with Crippen molar-refractivity contribution in [1.29, 1.82) is 0 Å². The first kappa shape index (κ1) is 15.8. The van der Waals surface area contributed by atoms with Crippen LogP contribution in [0.2, 0.25) is 0 Å². The first-order valence-electron chi connectivity index (χ1n) is 8.65. The van der Waals surface area contributed by atoms with Gasteiger partial charge < -0.3 is 10.6 Å². The lowest BCUT2D eigenvalue weighted by Gasteiger charge is -2.39. The van der Waals surface area contributed by atoms with E-state index >= 15 is 0 Å². The Bertz CT molecular complexity index is 303. The van der Waals surface area contributed by atoms with Gasteiger partial charge in [0, 0.05) is 25.6 Å². The third kappa shape index (κ3) is 5.08. The maximum absolute atomic E-state index is 11.7. The number of carbonyl (C=O) groups excluding carboxylic acids is 1. The zero-order chi connectivity index (χ0) is 14.4. The van der Waals surface area contributed by atoms with E-state index in [0.29, 0.717) is 18.4 Å². The molecule has 0 spiro atoms. The molecule has 0 aromatic heterocycles. The van der Waals surface area contributed by atoms with Crippen LogP contribution in [0.3, 0.4) is 0 Å². The SMILES string of the molecule is CC(C)CNC(=O)CCNC1CCC2CCCCC2C1. The highest BCUT2D eigenvalue weighted by Crippen LogP contribution is 2.40. The Labute approximate surface area is 124 Å². The Hall–Kier alpha value is -0.570. The van der Waals surface area contributed by atoms with Gasteiger partial charge in [0.25, 0.3) is 0 Å². The monoisotopic (exact) mass is 280 g/mol. The number of hydrogen-bond donors (Lipinski definition) is 2. The molecule has 0 saturated heterocycles. The van der Waals surface area contributed by atoms with Crippen molar-refractivity contribution in [3.8, 4) is 0 Å². The molecule has 3 atom stereocenters. The summed E-state index contributed by atoms with van der Waals surface area (Å²) in [6.07, 6.45) is 10.5. The van der Waals surface area contributed by atoms with Crippen LogP contribution in [0.1, 0.15) is 65.2 Å². The lowest BCUT2D eigenvalue weighted by Crippen LogP contribution is -2.40. The summed E-state index contributed by atoms with van der Waals surface area (Å²) in [6.45, 7) is 5.89. The van der Waals surface area contributed by atoms with E-state index in [1.807, 2.05) is 0 Å². The molecule has 3 heteroatoms. The summed E-state index contributed by atoms with van der Waals surface area (Å²) in [4.78, 5) is 11.7. The molecule has 0 radical (unpaired) electrons. The topological polar surface area (TPSA) is 41.1 Å². The van der Waals surface area contributed by atoms with E-state index in [4.69, 9.17) is 0 Å². The molecule has 20 heavy (non-hydrogen) atoms. The number of rotatable bonds is 6. The van der Waals surface area contributed by atoms with Gasteiger partial charge in [-0.2, -0.15) is 0 Å². The zero-order valence-corrected chi connectivity index (χ0v) is 13.3. The van der Waals surface area contributed by atoms with E-state index in [0.717, 1.165) is 24.9 Å². The Morgan fingerprint density at radius 3 is 2.60 bits per heavy atom. The fourth-order valence-electron chi connectivity index (χ4n) is 3.85. The number of fused-ring (bicyclic) bond motifs is 1. The van der Waals surface area contributed by atoms with Gasteiger partial charge in [-0.05, 0) is 37.0 Å². The van der Waals surface area contributed by atoms with E-state index in [-0.39, 0.29) is 5.91 Å². The summed E-state index contributed by atoms with van der Waals surface area (Å²) in [5, 5.41) is 6.60. The predicted octanol–water partition coefficient (Wildman–Crippen LogP) is 3.10. The molecule has 116 valence electrons. The van der Waals surface area contributed by atoms with Gasteiger partial charge in [0.1, 0.15) is 0 Å². The molecule has 2 N–H and O–H groups in total. The average molecular weight is 280 g/mol. The third-order valence-corrected chi connectivity index (χ3v) is 5.03. The van der Waals surface area contributed by atoms with Crippen molar-refractivity contribution in [2.24, 2.45) is 17.8 Å². The summed E-state index contributed by atoms with van der Waals surface area (Å²) in [5.74, 6) is 2.70. The van der Waals surface area contributed by atoms with Gasteiger partial charge in [-0.3, -0.25) is 4.79 Å². The Morgan fingerprint density at radius 2 is 1.85 bits per heavy atom. The molecule has 0 aromatic rings. The highest BCUT2D eigenvalue weighted by molar-refractivity contribution is 5.76. The van der Waals surface area contributed by atoms with Crippen LogP contribution in [0.15, 0.2) is 0 Å². The highest BCUT2D eigenvalue weighted by atomic mass is 16.1. The molecule has 2 aliphatic rings. The first-order chi connectivity index (χ1) is 9.65. The summed E-state index contributed by atoms with van der Waals surface area (Å²) in [6, 6.07) is 0.659. The molecular formula is C17H32N2O. The Morgan fingerprint density at radius 1 is 1.10 bits per heavy atom. The van der Waals surface area contributed by atoms with Crippen LogP contribution in [0.4, 0.5) is 0 Å². The normalized spacial score (nSPS) is 30.1. The van der Waals surface area contributed by atoms with Crippen LogP contribution in [-0.2, 0) is 4.79 Å². The van der Waals surface area contributed by atoms with Crippen molar-refractivity contribution >= 4 is 5.91 Å². The largest absolute Gasteiger partial charge is 0.356 e. The summed E-state index contributed by atoms with van der Waals surface area (Å²) in [7, 11) is 0. The van der Waals surface area contributed by atoms with Crippen molar-refractivity contribution in [2.75, 3.05) is 13.1 Å². The van der Waals surface area contributed by atoms with E-state index in [1.165, 1.54) is 44.9 Å². The van der Waals surface area contributed by atoms with Crippen LogP contribution >= 0.6 is 0 Å². The van der Waals surface area contributed by atoms with Gasteiger partial charge in [-0.15, -0.1) is 0 Å². The second-order valence-corrected chi connectivity index (χ2v) is 7.22. The van der Waals surface area contributed by atoms with E-state index in [2.05, 4.69) is 24.5 Å². The minimum atomic E-state index is 0.192. The number of nitrogens with one attached hydrogen (secondary N) is 2. The standard InChI is InChI=1S/C17H32N2O/c1-13(2)12-19-17(20)9-10-18-16-8-7-14-5-3-4-6-15(14)11-16/h13-16,18H,3-12H2,1-2H3,(H,19,20). The molecule has 2 fully saturated rings. The van der Waals surface area contributed by atoms with Crippen molar-refractivity contribution in [3.63, 3.8) is 0 Å². The average Bonchev–Trinajstić information content (AvgIpc) is 2.45. The number of amides is 1. The minimum absolute atomic E-state index is 0.192. The van der Waals surface area contributed by atoms with Crippen LogP contribution in [0.5, 0.6) is 0 Å². The van der Waals surface area contributed by atoms with Crippen molar-refractivity contribution in [1.82, 2.24) is 10.6 Å². The first-order valence-corrected chi connectivity index (χ1v) is 8.65. The van der Waals surface area contributed by atoms with Gasteiger partial charge >= 0.3 is 0 Å². The number of carbonyl (C=O) groups is 1. The molecule has 2 rings (SSSR count). The molecule has 2 aliphatic carbocycles. The Kier molecular flexibility index (Phi) is 6.34. The second kappa shape index (κ2) is 8.02. The lowest BCUT2D eigenvalue weighted by atomic mass is 9.69. The van der Waals surface area contributed by atoms with Gasteiger partial charge in [0.05, 0.1) is 0 Å². The van der Waals surface area contributed by atoms with Crippen LogP contribution in [-0.4, -0.2) is 25.0 Å². The molecule has 0 aromatic carbocycles. The lowest BCUT2D eigenvalue weighted by molar-refractivity contribution is -0.121. The van der Waals surface area contributed by atoms with Crippen LogP contribution < -0.4 is 10.6 Å². The molecule has 3 unspecified atom stereocenters. The molecule has 3 nitrogen and oxygen atoms in total. The van der Waals surface area contributed by atoms with Crippen molar-refractivity contribution < 1.29 is 4.79 Å². The van der Waals surface area contributed by atoms with Gasteiger partial charge in [-0.25, -0.2) is 0 Å². The second-order valence-electron chi connectivity index (χ2n) is 7.22. The molecule has 0 aliphatic heterocycles. The molecule has 2 saturated carbocycles. The number of hydrogen-bond acceptors (Lipinski definition) is 2. The third-order valence-electron chi connectivity index (χ3n) is 5.03. The van der Waals surface area contributed by atoms with E-state index < -0.39 is 0 Å². The van der Waals surface area contributed by atoms with Crippen LogP contribution in [0, 0.1) is 17.8 Å². The quantitative estimate of drug-likeness (QED) is 0.785. The van der Waals surface area contributed by atoms with Crippen LogP contribution in [0.25, 0.3) is 0 Å². The smallest absolute Gasteiger partial charge is 0.221 e. The maximum atomic E-state index is 11.7. The van der Waals surface area contributed by atoms with Crippen molar-refractivity contribution in [3.05, 3.63) is 0 Å². The molecule has 0 bridgehead atoms. The van der Waals surface area contributed by atoms with E-state index in [1.54, 1.807) is 0 Å². The zero-order valence-electron chi connectivity index (χ0n) is 13.3. The molecule has 1 amide bonds. The highest BCUT2D eigenvalue weighted by Gasteiger charge is 2.31. The summed E-state index contributed by atoms with van der Waals surface area (Å²) < 4.78 is 0. The van der Waals surface area contributed by atoms with Gasteiger partial charge in [-0.1, -0.05) is 39.5 Å². The molecule has 0 heterocycles. The predicted molar refractivity (Wildman–Crippen MR) is 83.6 cm³/mol. The van der Waals surface area contributed by atoms with E-state index in [9.17, 15) is 4.79 Å². The maximum Gasteiger partial charge on any atom is 0.221 e. The van der Waals surface area contributed by atoms with Crippen molar-refractivity contribution in [2.45, 2.75) is 71.3 Å². The fourth-order valence-corrected chi connectivity index (χ4v) is 3.85. The molecular weight excluding hydrogens is 248 g/mol. The van der Waals surface area contributed by atoms with Gasteiger partial charge in [0.15, 0.2) is 0 Å². The summed E-state index contributed by atoms with van der Waals surface area (Å²) in [5.41, 5.74) is 0.